The van der Waals surface area contributed by atoms with E-state index in [0.29, 0.717) is 22.5 Å². The highest BCUT2D eigenvalue weighted by molar-refractivity contribution is 5.80. The number of para-hydroxylation sites is 1. The number of piperidine rings is 1. The molecule has 1 aliphatic heterocycles. The zero-order chi connectivity index (χ0) is 21.3. The lowest BCUT2D eigenvalue weighted by atomic mass is 9.91. The average molecular weight is 417 g/mol. The van der Waals surface area contributed by atoms with Gasteiger partial charge in [-0.25, -0.2) is 13.8 Å². The second-order valence-corrected chi connectivity index (χ2v) is 7.59. The molecule has 4 rings (SSSR count). The smallest absolute Gasteiger partial charge is 0.264 e. The lowest BCUT2D eigenvalue weighted by molar-refractivity contribution is 0.152. The molecule has 6 nitrogen and oxygen atoms in total. The van der Waals surface area contributed by atoms with Crippen LogP contribution in [-0.4, -0.2) is 42.3 Å². The Kier molecular flexibility index (Phi) is 5.85. The van der Waals surface area contributed by atoms with Crippen molar-refractivity contribution in [1.29, 1.82) is 0 Å². The Morgan fingerprint density at radius 1 is 1.20 bits per heavy atom. The monoisotopic (exact) mass is 417 g/mol. The van der Waals surface area contributed by atoms with Crippen LogP contribution in [-0.2, 0) is 6.54 Å². The summed E-state index contributed by atoms with van der Waals surface area (Å²) in [6.45, 7) is 4.07. The summed E-state index contributed by atoms with van der Waals surface area (Å²) < 4.78 is 43.3. The molecule has 0 unspecified atom stereocenters. The molecule has 3 aromatic rings. The summed E-state index contributed by atoms with van der Waals surface area (Å²) in [5.41, 5.74) is 2.32. The number of methoxy groups -OCH3 is 2. The first kappa shape index (κ1) is 20.5. The maximum Gasteiger partial charge on any atom is 0.264 e. The van der Waals surface area contributed by atoms with Gasteiger partial charge >= 0.3 is 0 Å². The van der Waals surface area contributed by atoms with Crippen LogP contribution in [0.5, 0.6) is 11.5 Å². The fourth-order valence-electron chi connectivity index (χ4n) is 4.23. The lowest BCUT2D eigenvalue weighted by Gasteiger charge is -2.32. The summed E-state index contributed by atoms with van der Waals surface area (Å²) in [5, 5.41) is 4.14. The zero-order valence-electron chi connectivity index (χ0n) is 17.3. The maximum atomic E-state index is 13.6. The summed E-state index contributed by atoms with van der Waals surface area (Å²) in [5.74, 6) is 1.57. The molecule has 0 atom stereocenters. The van der Waals surface area contributed by atoms with Gasteiger partial charge in [-0.15, -0.1) is 0 Å². The number of hydrogen-bond donors (Lipinski definition) is 0. The van der Waals surface area contributed by atoms with Gasteiger partial charge in [0.1, 0.15) is 0 Å². The minimum atomic E-state index is -2.59. The van der Waals surface area contributed by atoms with E-state index in [9.17, 15) is 8.78 Å². The molecule has 0 radical (unpaired) electrons. The summed E-state index contributed by atoms with van der Waals surface area (Å²) in [6, 6.07) is 7.39. The van der Waals surface area contributed by atoms with Crippen LogP contribution in [0, 0.1) is 6.92 Å². The Morgan fingerprint density at radius 3 is 2.63 bits per heavy atom. The topological polar surface area (TPSA) is 60.6 Å². The molecule has 1 fully saturated rings. The van der Waals surface area contributed by atoms with Crippen LogP contribution in [0.2, 0.25) is 0 Å². The molecule has 0 N–H and O–H groups in total. The van der Waals surface area contributed by atoms with Crippen LogP contribution >= 0.6 is 0 Å². The number of alkyl halides is 2. The minimum Gasteiger partial charge on any atom is -0.493 e. The molecular formula is C22H25F2N3O3. The highest BCUT2D eigenvalue weighted by Crippen LogP contribution is 2.36. The van der Waals surface area contributed by atoms with Crippen molar-refractivity contribution in [2.75, 3.05) is 27.3 Å². The van der Waals surface area contributed by atoms with Gasteiger partial charge in [-0.05, 0) is 45.0 Å². The highest BCUT2D eigenvalue weighted by Gasteiger charge is 2.26. The summed E-state index contributed by atoms with van der Waals surface area (Å²) >= 11 is 0. The molecule has 2 aromatic heterocycles. The van der Waals surface area contributed by atoms with Crippen molar-refractivity contribution in [3.05, 3.63) is 46.8 Å². The lowest BCUT2D eigenvalue weighted by Crippen LogP contribution is -2.32. The van der Waals surface area contributed by atoms with Crippen molar-refractivity contribution in [3.8, 4) is 11.5 Å². The quantitative estimate of drug-likeness (QED) is 0.571. The van der Waals surface area contributed by atoms with E-state index in [1.807, 2.05) is 18.2 Å². The Bertz CT molecular complexity index is 1030. The van der Waals surface area contributed by atoms with E-state index < -0.39 is 6.43 Å². The number of hydrogen-bond acceptors (Lipinski definition) is 6. The van der Waals surface area contributed by atoms with Crippen LogP contribution < -0.4 is 9.47 Å². The molecule has 0 saturated carbocycles. The predicted molar refractivity (Wildman–Crippen MR) is 108 cm³/mol. The molecule has 30 heavy (non-hydrogen) atoms. The van der Waals surface area contributed by atoms with Crippen molar-refractivity contribution in [2.24, 2.45) is 0 Å². The SMILES string of the molecule is COc1cccc(CN2CCC(c3cc(C(F)F)c4c(C)noc4n3)CC2)c1OC. The van der Waals surface area contributed by atoms with Gasteiger partial charge in [0.25, 0.3) is 12.1 Å². The summed E-state index contributed by atoms with van der Waals surface area (Å²) in [7, 11) is 3.27. The number of pyridine rings is 1. The molecule has 3 heterocycles. The number of aryl methyl sites for hydroxylation is 1. The van der Waals surface area contributed by atoms with Gasteiger partial charge in [-0.3, -0.25) is 4.90 Å². The number of ether oxygens (including phenoxy) is 2. The molecule has 0 spiro atoms. The molecule has 8 heteroatoms. The van der Waals surface area contributed by atoms with Gasteiger partial charge in [0.05, 0.1) is 25.3 Å². The van der Waals surface area contributed by atoms with Gasteiger partial charge in [0.2, 0.25) is 0 Å². The van der Waals surface area contributed by atoms with Crippen molar-refractivity contribution >= 4 is 11.1 Å². The fraction of sp³-hybridized carbons (Fsp3) is 0.455. The Morgan fingerprint density at radius 2 is 1.97 bits per heavy atom. The van der Waals surface area contributed by atoms with E-state index >= 15 is 0 Å². The Hall–Kier alpha value is -2.74. The largest absolute Gasteiger partial charge is 0.493 e. The van der Waals surface area contributed by atoms with Gasteiger partial charge in [0.15, 0.2) is 11.5 Å². The zero-order valence-corrected chi connectivity index (χ0v) is 17.3. The van der Waals surface area contributed by atoms with Crippen molar-refractivity contribution in [2.45, 2.75) is 38.7 Å². The Labute approximate surface area is 173 Å². The van der Waals surface area contributed by atoms with Crippen LogP contribution in [0.1, 0.15) is 47.7 Å². The number of nitrogens with zero attached hydrogens (tertiary/aromatic N) is 3. The van der Waals surface area contributed by atoms with Gasteiger partial charge in [-0.1, -0.05) is 17.3 Å². The van der Waals surface area contributed by atoms with Crippen LogP contribution in [0.15, 0.2) is 28.8 Å². The standard InChI is InChI=1S/C22H25F2N3O3/c1-13-19-16(21(23)24)11-17(25-22(19)30-26-13)14-7-9-27(10-8-14)12-15-5-4-6-18(28-2)20(15)29-3/h4-6,11,14,21H,7-10,12H2,1-3H3. The first-order chi connectivity index (χ1) is 14.5. The van der Waals surface area contributed by atoms with Gasteiger partial charge in [0, 0.05) is 29.3 Å². The molecule has 1 saturated heterocycles. The van der Waals surface area contributed by atoms with E-state index in [0.717, 1.165) is 43.8 Å². The molecule has 0 aliphatic carbocycles. The first-order valence-corrected chi connectivity index (χ1v) is 9.99. The molecule has 1 aromatic carbocycles. The predicted octanol–water partition coefficient (Wildman–Crippen LogP) is 4.87. The molecule has 160 valence electrons. The minimum absolute atomic E-state index is 0.0442. The first-order valence-electron chi connectivity index (χ1n) is 9.99. The van der Waals surface area contributed by atoms with Crippen LogP contribution in [0.3, 0.4) is 0 Å². The Balaban J connectivity index is 1.49. The third-order valence-electron chi connectivity index (χ3n) is 5.79. The number of halogens is 2. The third-order valence-corrected chi connectivity index (χ3v) is 5.79. The number of benzene rings is 1. The summed E-state index contributed by atoms with van der Waals surface area (Å²) in [4.78, 5) is 6.84. The van der Waals surface area contributed by atoms with E-state index in [1.54, 1.807) is 21.1 Å². The van der Waals surface area contributed by atoms with E-state index in [-0.39, 0.29) is 17.2 Å². The highest BCUT2D eigenvalue weighted by atomic mass is 19.3. The van der Waals surface area contributed by atoms with Crippen molar-refractivity contribution in [3.63, 3.8) is 0 Å². The maximum absolute atomic E-state index is 13.6. The molecular weight excluding hydrogens is 392 g/mol. The molecule has 1 aliphatic rings. The van der Waals surface area contributed by atoms with E-state index in [1.165, 1.54) is 6.07 Å². The van der Waals surface area contributed by atoms with Crippen molar-refractivity contribution in [1.82, 2.24) is 15.0 Å². The van der Waals surface area contributed by atoms with Crippen LogP contribution in [0.25, 0.3) is 11.1 Å². The second kappa shape index (κ2) is 8.55. The fourth-order valence-corrected chi connectivity index (χ4v) is 4.23. The molecule has 0 amide bonds. The summed E-state index contributed by atoms with van der Waals surface area (Å²) in [6.07, 6.45) is -0.922. The van der Waals surface area contributed by atoms with E-state index in [4.69, 9.17) is 14.0 Å². The second-order valence-electron chi connectivity index (χ2n) is 7.59. The number of likely N-dealkylation sites (tertiary alicyclic amines) is 1. The third kappa shape index (κ3) is 3.84. The average Bonchev–Trinajstić information content (AvgIpc) is 3.14. The van der Waals surface area contributed by atoms with Crippen molar-refractivity contribution < 1.29 is 22.8 Å². The van der Waals surface area contributed by atoms with E-state index in [2.05, 4.69) is 15.0 Å². The normalized spacial score (nSPS) is 15.8. The van der Waals surface area contributed by atoms with Gasteiger partial charge < -0.3 is 14.0 Å². The van der Waals surface area contributed by atoms with Gasteiger partial charge in [-0.2, -0.15) is 0 Å². The molecule has 0 bridgehead atoms. The van der Waals surface area contributed by atoms with Crippen LogP contribution in [0.4, 0.5) is 8.78 Å². The number of rotatable bonds is 6. The number of fused-ring (bicyclic) bond motifs is 1. The number of aromatic nitrogens is 2.